The van der Waals surface area contributed by atoms with Gasteiger partial charge in [0.2, 0.25) is 0 Å². The molecule has 0 spiro atoms. The van der Waals surface area contributed by atoms with Gasteiger partial charge in [0, 0.05) is 5.39 Å². The normalized spacial score (nSPS) is 11.9. The number of fused-ring (bicyclic) bond motifs is 1. The molecule has 0 radical (unpaired) electrons. The van der Waals surface area contributed by atoms with Crippen molar-refractivity contribution in [3.05, 3.63) is 35.6 Å². The van der Waals surface area contributed by atoms with E-state index in [2.05, 4.69) is 0 Å². The number of carbonyl (C=O) groups is 1. The highest BCUT2D eigenvalue weighted by Gasteiger charge is 2.31. The van der Waals surface area contributed by atoms with Crippen LogP contribution in [0, 0.1) is 6.92 Å². The summed E-state index contributed by atoms with van der Waals surface area (Å²) < 4.78 is 5.49. The minimum absolute atomic E-state index is 0.740. The number of hydrogen-bond acceptors (Lipinski definition) is 2. The molecule has 1 N–H and O–H groups in total. The molecule has 0 bridgehead atoms. The Kier molecular flexibility index (Phi) is 2.26. The summed E-state index contributed by atoms with van der Waals surface area (Å²) in [7, 11) is 0. The van der Waals surface area contributed by atoms with Crippen molar-refractivity contribution in [1.29, 1.82) is 0 Å². The van der Waals surface area contributed by atoms with Crippen LogP contribution in [0.15, 0.2) is 28.7 Å². The molecule has 2 aromatic rings. The van der Waals surface area contributed by atoms with Gasteiger partial charge in [-0.1, -0.05) is 12.1 Å². The van der Waals surface area contributed by atoms with Gasteiger partial charge in [-0.2, -0.15) is 0 Å². The lowest BCUT2D eigenvalue weighted by molar-refractivity contribution is -0.142. The van der Waals surface area contributed by atoms with Gasteiger partial charge in [0.15, 0.2) is 0 Å². The van der Waals surface area contributed by atoms with Crippen LogP contribution in [0.1, 0.15) is 25.2 Å². The van der Waals surface area contributed by atoms with Crippen LogP contribution in [-0.4, -0.2) is 11.1 Å². The molecular formula is C13H14O3. The van der Waals surface area contributed by atoms with Crippen LogP contribution < -0.4 is 0 Å². The predicted octanol–water partition coefficient (Wildman–Crippen LogP) is 3.10. The summed E-state index contributed by atoms with van der Waals surface area (Å²) in [6.07, 6.45) is 0. The average Bonchev–Trinajstić information content (AvgIpc) is 2.56. The molecule has 0 fully saturated rings. The molecule has 3 heteroatoms. The molecule has 0 saturated heterocycles. The van der Waals surface area contributed by atoms with Crippen molar-refractivity contribution in [1.82, 2.24) is 0 Å². The lowest BCUT2D eigenvalue weighted by Crippen LogP contribution is -2.28. The second kappa shape index (κ2) is 3.37. The fourth-order valence-corrected chi connectivity index (χ4v) is 1.85. The molecule has 3 nitrogen and oxygen atoms in total. The van der Waals surface area contributed by atoms with Crippen molar-refractivity contribution in [2.75, 3.05) is 0 Å². The summed E-state index contributed by atoms with van der Waals surface area (Å²) >= 11 is 0. The highest BCUT2D eigenvalue weighted by molar-refractivity contribution is 5.90. The van der Waals surface area contributed by atoms with E-state index in [9.17, 15) is 9.90 Å². The molecule has 2 rings (SSSR count). The second-order valence-corrected chi connectivity index (χ2v) is 4.50. The van der Waals surface area contributed by atoms with Crippen molar-refractivity contribution in [3.8, 4) is 0 Å². The quantitative estimate of drug-likeness (QED) is 0.842. The van der Waals surface area contributed by atoms with Crippen LogP contribution >= 0.6 is 0 Å². The summed E-state index contributed by atoms with van der Waals surface area (Å²) in [5, 5.41) is 10.1. The molecule has 0 amide bonds. The maximum absolute atomic E-state index is 11.2. The fourth-order valence-electron chi connectivity index (χ4n) is 1.85. The highest BCUT2D eigenvalue weighted by atomic mass is 16.4. The molecule has 0 aliphatic carbocycles. The first kappa shape index (κ1) is 10.7. The summed E-state index contributed by atoms with van der Waals surface area (Å²) in [5.41, 5.74) is 0.620. The molecule has 0 unspecified atom stereocenters. The lowest BCUT2D eigenvalue weighted by atomic mass is 9.83. The minimum atomic E-state index is -0.907. The molecule has 1 aromatic carbocycles. The summed E-state index contributed by atoms with van der Waals surface area (Å²) in [4.78, 5) is 11.2. The number of carboxylic acid groups (broad SMARTS) is 1. The first-order valence-corrected chi connectivity index (χ1v) is 5.16. The zero-order chi connectivity index (χ0) is 11.9. The fraction of sp³-hybridized carbons (Fsp3) is 0.308. The Morgan fingerprint density at radius 2 is 2.06 bits per heavy atom. The lowest BCUT2D eigenvalue weighted by Gasteiger charge is -2.20. The Bertz CT molecular complexity index is 549. The molecule has 1 aromatic heterocycles. The van der Waals surface area contributed by atoms with Crippen molar-refractivity contribution >= 4 is 16.9 Å². The molecule has 0 aliphatic rings. The van der Waals surface area contributed by atoms with Crippen molar-refractivity contribution in [2.45, 2.75) is 26.2 Å². The molecule has 16 heavy (non-hydrogen) atoms. The topological polar surface area (TPSA) is 50.4 Å². The summed E-state index contributed by atoms with van der Waals surface area (Å²) in [6, 6.07) is 7.40. The van der Waals surface area contributed by atoms with Gasteiger partial charge >= 0.3 is 5.97 Å². The number of aryl methyl sites for hydroxylation is 1. The van der Waals surface area contributed by atoms with Gasteiger partial charge in [0.25, 0.3) is 0 Å². The highest BCUT2D eigenvalue weighted by Crippen LogP contribution is 2.32. The SMILES string of the molecule is Cc1cc2c(C(C)(C)C(=O)O)cccc2o1. The van der Waals surface area contributed by atoms with Gasteiger partial charge in [0.1, 0.15) is 11.3 Å². The summed E-state index contributed by atoms with van der Waals surface area (Å²) in [6.45, 7) is 5.26. The standard InChI is InChI=1S/C13H14O3/c1-8-7-9-10(13(2,3)12(14)15)5-4-6-11(9)16-8/h4-7H,1-3H3,(H,14,15). The van der Waals surface area contributed by atoms with Gasteiger partial charge in [0.05, 0.1) is 5.41 Å². The van der Waals surface area contributed by atoms with Crippen LogP contribution in [0.5, 0.6) is 0 Å². The van der Waals surface area contributed by atoms with Crippen molar-refractivity contribution in [3.63, 3.8) is 0 Å². The summed E-state index contributed by atoms with van der Waals surface area (Å²) in [5.74, 6) is -0.0394. The Hall–Kier alpha value is -1.77. The van der Waals surface area contributed by atoms with Gasteiger partial charge in [-0.15, -0.1) is 0 Å². The second-order valence-electron chi connectivity index (χ2n) is 4.50. The van der Waals surface area contributed by atoms with Gasteiger partial charge in [-0.25, -0.2) is 0 Å². The first-order chi connectivity index (χ1) is 7.43. The number of carboxylic acids is 1. The van der Waals surface area contributed by atoms with Crippen LogP contribution in [-0.2, 0) is 10.2 Å². The zero-order valence-corrected chi connectivity index (χ0v) is 9.57. The Morgan fingerprint density at radius 3 is 2.69 bits per heavy atom. The van der Waals surface area contributed by atoms with Gasteiger partial charge < -0.3 is 9.52 Å². The smallest absolute Gasteiger partial charge is 0.313 e. The van der Waals surface area contributed by atoms with E-state index >= 15 is 0 Å². The molecule has 0 saturated carbocycles. The third-order valence-electron chi connectivity index (χ3n) is 2.89. The van der Waals surface area contributed by atoms with Gasteiger partial charge in [-0.05, 0) is 38.5 Å². The van der Waals surface area contributed by atoms with Crippen LogP contribution in [0.2, 0.25) is 0 Å². The monoisotopic (exact) mass is 218 g/mol. The van der Waals surface area contributed by atoms with E-state index in [0.29, 0.717) is 0 Å². The van der Waals surface area contributed by atoms with Crippen molar-refractivity contribution < 1.29 is 14.3 Å². The van der Waals surface area contributed by atoms with E-state index in [1.54, 1.807) is 13.8 Å². The van der Waals surface area contributed by atoms with Crippen molar-refractivity contribution in [2.24, 2.45) is 0 Å². The third kappa shape index (κ3) is 1.48. The molecule has 84 valence electrons. The van der Waals surface area contributed by atoms with E-state index in [4.69, 9.17) is 4.42 Å². The average molecular weight is 218 g/mol. The molecular weight excluding hydrogens is 204 g/mol. The first-order valence-electron chi connectivity index (χ1n) is 5.16. The number of furan rings is 1. The number of hydrogen-bond donors (Lipinski definition) is 1. The van der Waals surface area contributed by atoms with Crippen LogP contribution in [0.3, 0.4) is 0 Å². The number of benzene rings is 1. The van der Waals surface area contributed by atoms with Crippen LogP contribution in [0.25, 0.3) is 11.0 Å². The van der Waals surface area contributed by atoms with E-state index < -0.39 is 11.4 Å². The van der Waals surface area contributed by atoms with E-state index in [-0.39, 0.29) is 0 Å². The number of rotatable bonds is 2. The largest absolute Gasteiger partial charge is 0.481 e. The van der Waals surface area contributed by atoms with E-state index in [0.717, 1.165) is 22.3 Å². The predicted molar refractivity (Wildman–Crippen MR) is 61.6 cm³/mol. The van der Waals surface area contributed by atoms with E-state index in [1.165, 1.54) is 0 Å². The molecule has 0 atom stereocenters. The third-order valence-corrected chi connectivity index (χ3v) is 2.89. The Morgan fingerprint density at radius 1 is 1.38 bits per heavy atom. The molecule has 0 aliphatic heterocycles. The van der Waals surface area contributed by atoms with E-state index in [1.807, 2.05) is 31.2 Å². The zero-order valence-electron chi connectivity index (χ0n) is 9.57. The minimum Gasteiger partial charge on any atom is -0.481 e. The van der Waals surface area contributed by atoms with Crippen LogP contribution in [0.4, 0.5) is 0 Å². The maximum Gasteiger partial charge on any atom is 0.313 e. The maximum atomic E-state index is 11.2. The van der Waals surface area contributed by atoms with Gasteiger partial charge in [-0.3, -0.25) is 4.79 Å². The Balaban J connectivity index is 2.73. The number of aliphatic carboxylic acids is 1. The Labute approximate surface area is 93.7 Å². The molecule has 1 heterocycles.